The first-order valence-electron chi connectivity index (χ1n) is 8.57. The van der Waals surface area contributed by atoms with Crippen molar-refractivity contribution in [2.45, 2.75) is 45.1 Å². The van der Waals surface area contributed by atoms with Gasteiger partial charge in [-0.05, 0) is 55.7 Å². The number of halogens is 2. The first kappa shape index (κ1) is 20.0. The molecule has 3 rings (SSSR count). The van der Waals surface area contributed by atoms with Crippen LogP contribution in [0.2, 0.25) is 5.02 Å². The fraction of sp³-hybridized carbons (Fsp3) is 0.556. The zero-order chi connectivity index (χ0) is 17.3. The molecular formula is C18H25Cl2N3O2. The standard InChI is InChI=1S/C18H24ClN3O2.ClH/c1-10(23)21-16-9-14(5-6-15(16)19)22-18(24)13-7-11-3-2-4-12(8-13)17(11)20;/h5-6,9,11-13,17H,2-4,7-8,20H2,1H3,(H,21,23)(H,22,24);1H. The number of carbonyl (C=O) groups excluding carboxylic acids is 2. The molecule has 2 saturated carbocycles. The highest BCUT2D eigenvalue weighted by Crippen LogP contribution is 2.42. The van der Waals surface area contributed by atoms with Crippen molar-refractivity contribution < 1.29 is 9.59 Å². The molecular weight excluding hydrogens is 361 g/mol. The van der Waals surface area contributed by atoms with Gasteiger partial charge in [0.05, 0.1) is 10.7 Å². The molecule has 2 fully saturated rings. The summed E-state index contributed by atoms with van der Waals surface area (Å²) < 4.78 is 0. The van der Waals surface area contributed by atoms with Crippen LogP contribution in [0, 0.1) is 17.8 Å². The molecule has 7 heteroatoms. The molecule has 0 spiro atoms. The molecule has 2 atom stereocenters. The maximum Gasteiger partial charge on any atom is 0.227 e. The molecule has 2 amide bonds. The first-order chi connectivity index (χ1) is 11.4. The van der Waals surface area contributed by atoms with Gasteiger partial charge in [0.1, 0.15) is 0 Å². The third-order valence-electron chi connectivity index (χ3n) is 5.33. The molecule has 25 heavy (non-hydrogen) atoms. The molecule has 138 valence electrons. The van der Waals surface area contributed by atoms with E-state index in [1.54, 1.807) is 18.2 Å². The first-order valence-corrected chi connectivity index (χ1v) is 8.95. The van der Waals surface area contributed by atoms with Gasteiger partial charge < -0.3 is 16.4 Å². The number of hydrogen-bond donors (Lipinski definition) is 3. The number of nitrogens with one attached hydrogen (secondary N) is 2. The van der Waals surface area contributed by atoms with Crippen molar-refractivity contribution in [3.8, 4) is 0 Å². The third kappa shape index (κ3) is 4.66. The molecule has 4 N–H and O–H groups in total. The van der Waals surface area contributed by atoms with Crippen molar-refractivity contribution in [2.24, 2.45) is 23.5 Å². The van der Waals surface area contributed by atoms with E-state index in [0.29, 0.717) is 28.2 Å². The molecule has 2 bridgehead atoms. The number of hydrogen-bond acceptors (Lipinski definition) is 3. The number of anilines is 2. The molecule has 2 aliphatic rings. The monoisotopic (exact) mass is 385 g/mol. The van der Waals surface area contributed by atoms with Gasteiger partial charge in [-0.3, -0.25) is 9.59 Å². The van der Waals surface area contributed by atoms with Gasteiger partial charge in [-0.1, -0.05) is 18.0 Å². The molecule has 0 aliphatic heterocycles. The summed E-state index contributed by atoms with van der Waals surface area (Å²) in [5, 5.41) is 6.08. The van der Waals surface area contributed by atoms with Crippen LogP contribution in [0.1, 0.15) is 39.0 Å². The molecule has 2 aliphatic carbocycles. The molecule has 0 aromatic heterocycles. The van der Waals surface area contributed by atoms with E-state index in [-0.39, 0.29) is 36.2 Å². The van der Waals surface area contributed by atoms with E-state index < -0.39 is 0 Å². The molecule has 1 aromatic carbocycles. The topological polar surface area (TPSA) is 84.2 Å². The van der Waals surface area contributed by atoms with Gasteiger partial charge in [-0.25, -0.2) is 0 Å². The predicted molar refractivity (Wildman–Crippen MR) is 103 cm³/mol. The molecule has 5 nitrogen and oxygen atoms in total. The Labute approximate surface area is 159 Å². The van der Waals surface area contributed by atoms with Gasteiger partial charge in [0.15, 0.2) is 0 Å². The van der Waals surface area contributed by atoms with E-state index in [1.807, 2.05) is 0 Å². The Morgan fingerprint density at radius 1 is 1.16 bits per heavy atom. The molecule has 0 radical (unpaired) electrons. The Kier molecular flexibility index (Phi) is 6.72. The summed E-state index contributed by atoms with van der Waals surface area (Å²) in [5.74, 6) is 0.783. The van der Waals surface area contributed by atoms with Crippen molar-refractivity contribution in [1.82, 2.24) is 0 Å². The van der Waals surface area contributed by atoms with Gasteiger partial charge in [0, 0.05) is 24.6 Å². The summed E-state index contributed by atoms with van der Waals surface area (Å²) in [6, 6.07) is 5.37. The molecule has 2 unspecified atom stereocenters. The number of rotatable bonds is 3. The van der Waals surface area contributed by atoms with Gasteiger partial charge in [-0.15, -0.1) is 12.4 Å². The average Bonchev–Trinajstić information content (AvgIpc) is 2.49. The van der Waals surface area contributed by atoms with Crippen LogP contribution in [0.4, 0.5) is 11.4 Å². The predicted octanol–water partition coefficient (Wildman–Crippen LogP) is 3.81. The van der Waals surface area contributed by atoms with Gasteiger partial charge in [0.25, 0.3) is 0 Å². The second-order valence-corrected chi connectivity index (χ2v) is 7.47. The van der Waals surface area contributed by atoms with E-state index in [0.717, 1.165) is 25.7 Å². The minimum atomic E-state index is -0.200. The smallest absolute Gasteiger partial charge is 0.227 e. The lowest BCUT2D eigenvalue weighted by Gasteiger charge is -2.43. The van der Waals surface area contributed by atoms with Crippen molar-refractivity contribution in [2.75, 3.05) is 10.6 Å². The summed E-state index contributed by atoms with van der Waals surface area (Å²) in [6.07, 6.45) is 5.24. The van der Waals surface area contributed by atoms with Crippen LogP contribution < -0.4 is 16.4 Å². The highest BCUT2D eigenvalue weighted by molar-refractivity contribution is 6.33. The fourth-order valence-electron chi connectivity index (χ4n) is 4.14. The SMILES string of the molecule is CC(=O)Nc1cc(NC(=O)C2CC3CCCC(C2)C3N)ccc1Cl.Cl. The van der Waals surface area contributed by atoms with Crippen molar-refractivity contribution >= 4 is 47.2 Å². The normalized spacial score (nSPS) is 27.8. The average molecular weight is 386 g/mol. The Bertz CT molecular complexity index is 639. The summed E-state index contributed by atoms with van der Waals surface area (Å²) in [7, 11) is 0. The Morgan fingerprint density at radius 2 is 1.80 bits per heavy atom. The Balaban J connectivity index is 0.00000225. The lowest BCUT2D eigenvalue weighted by Crippen LogP contribution is -2.48. The van der Waals surface area contributed by atoms with Crippen LogP contribution in [0.5, 0.6) is 0 Å². The highest BCUT2D eigenvalue weighted by Gasteiger charge is 2.40. The Morgan fingerprint density at radius 3 is 2.40 bits per heavy atom. The molecule has 0 heterocycles. The van der Waals surface area contributed by atoms with Crippen LogP contribution in [-0.4, -0.2) is 17.9 Å². The Hall–Kier alpha value is -1.30. The summed E-state index contributed by atoms with van der Waals surface area (Å²) >= 11 is 6.06. The van der Waals surface area contributed by atoms with E-state index >= 15 is 0 Å². The van der Waals surface area contributed by atoms with Crippen LogP contribution in [0.15, 0.2) is 18.2 Å². The number of fused-ring (bicyclic) bond motifs is 2. The number of carbonyl (C=O) groups is 2. The number of amides is 2. The van der Waals surface area contributed by atoms with Crippen LogP contribution in [0.3, 0.4) is 0 Å². The van der Waals surface area contributed by atoms with Crippen molar-refractivity contribution in [3.05, 3.63) is 23.2 Å². The van der Waals surface area contributed by atoms with E-state index in [4.69, 9.17) is 17.3 Å². The maximum atomic E-state index is 12.7. The zero-order valence-corrected chi connectivity index (χ0v) is 15.8. The van der Waals surface area contributed by atoms with E-state index in [2.05, 4.69) is 10.6 Å². The largest absolute Gasteiger partial charge is 0.327 e. The molecule has 0 saturated heterocycles. The summed E-state index contributed by atoms with van der Waals surface area (Å²) in [5.41, 5.74) is 7.45. The van der Waals surface area contributed by atoms with Crippen LogP contribution in [0.25, 0.3) is 0 Å². The fourth-order valence-corrected chi connectivity index (χ4v) is 4.30. The van der Waals surface area contributed by atoms with Crippen LogP contribution in [-0.2, 0) is 9.59 Å². The van der Waals surface area contributed by atoms with Gasteiger partial charge >= 0.3 is 0 Å². The zero-order valence-electron chi connectivity index (χ0n) is 14.3. The molecule has 1 aromatic rings. The number of nitrogens with two attached hydrogens (primary N) is 1. The highest BCUT2D eigenvalue weighted by atomic mass is 35.5. The summed E-state index contributed by atoms with van der Waals surface area (Å²) in [4.78, 5) is 23.9. The summed E-state index contributed by atoms with van der Waals surface area (Å²) in [6.45, 7) is 1.42. The quantitative estimate of drug-likeness (QED) is 0.739. The van der Waals surface area contributed by atoms with Gasteiger partial charge in [-0.2, -0.15) is 0 Å². The van der Waals surface area contributed by atoms with Crippen LogP contribution >= 0.6 is 24.0 Å². The van der Waals surface area contributed by atoms with Gasteiger partial charge in [0.2, 0.25) is 11.8 Å². The number of benzene rings is 1. The maximum absolute atomic E-state index is 12.7. The second-order valence-electron chi connectivity index (χ2n) is 7.06. The minimum Gasteiger partial charge on any atom is -0.327 e. The van der Waals surface area contributed by atoms with E-state index in [9.17, 15) is 9.59 Å². The van der Waals surface area contributed by atoms with Crippen molar-refractivity contribution in [3.63, 3.8) is 0 Å². The second kappa shape index (κ2) is 8.39. The lowest BCUT2D eigenvalue weighted by atomic mass is 9.65. The van der Waals surface area contributed by atoms with Crippen molar-refractivity contribution in [1.29, 1.82) is 0 Å². The third-order valence-corrected chi connectivity index (χ3v) is 5.66. The lowest BCUT2D eigenvalue weighted by molar-refractivity contribution is -0.122. The van der Waals surface area contributed by atoms with E-state index in [1.165, 1.54) is 13.3 Å². The minimum absolute atomic E-state index is 0.